The van der Waals surface area contributed by atoms with Crippen LogP contribution < -0.4 is 0 Å². The van der Waals surface area contributed by atoms with Gasteiger partial charge in [-0.15, -0.1) is 0 Å². The number of halogens is 2. The molecule has 0 saturated carbocycles. The van der Waals surface area contributed by atoms with Crippen LogP contribution in [0.4, 0.5) is 0 Å². The van der Waals surface area contributed by atoms with Crippen LogP contribution in [0.5, 0.6) is 0 Å². The van der Waals surface area contributed by atoms with Gasteiger partial charge >= 0.3 is 0 Å². The average molecular weight is 479 g/mol. The lowest BCUT2D eigenvalue weighted by molar-refractivity contribution is 0.156. The molecule has 0 spiro atoms. The summed E-state index contributed by atoms with van der Waals surface area (Å²) in [4.78, 5) is 2.90. The highest BCUT2D eigenvalue weighted by molar-refractivity contribution is 9.10. The Balaban J connectivity index is 0.000000152. The Morgan fingerprint density at radius 2 is 1.50 bits per heavy atom. The van der Waals surface area contributed by atoms with E-state index in [9.17, 15) is 5.11 Å². The molecule has 0 bridgehead atoms. The van der Waals surface area contributed by atoms with E-state index in [0.717, 1.165) is 53.0 Å². The van der Waals surface area contributed by atoms with E-state index in [1.165, 1.54) is 16.7 Å². The summed E-state index contributed by atoms with van der Waals surface area (Å²) in [7, 11) is 0. The Labute approximate surface area is 170 Å². The first-order valence-corrected chi connectivity index (χ1v) is 10.5. The molecule has 0 fully saturated rings. The van der Waals surface area contributed by atoms with Gasteiger partial charge in [0.05, 0.1) is 12.1 Å². The Morgan fingerprint density at radius 3 is 2.12 bits per heavy atom. The SMILES string of the molecule is O[C@H]1CCCc2c(Br)cccc21.[N-]=[N+]=N[C@@H]1CCCc2c(Br)cccc21. The van der Waals surface area contributed by atoms with Crippen molar-refractivity contribution in [3.63, 3.8) is 0 Å². The molecule has 0 aromatic heterocycles. The van der Waals surface area contributed by atoms with Crippen LogP contribution in [0.25, 0.3) is 10.4 Å². The topological polar surface area (TPSA) is 69.0 Å². The van der Waals surface area contributed by atoms with Crippen LogP contribution in [0.15, 0.2) is 50.5 Å². The summed E-state index contributed by atoms with van der Waals surface area (Å²) < 4.78 is 2.27. The molecule has 4 rings (SSSR count). The predicted octanol–water partition coefficient (Wildman–Crippen LogP) is 6.96. The molecule has 2 aromatic rings. The van der Waals surface area contributed by atoms with Gasteiger partial charge in [-0.05, 0) is 78.4 Å². The van der Waals surface area contributed by atoms with Gasteiger partial charge < -0.3 is 5.11 Å². The van der Waals surface area contributed by atoms with Crippen LogP contribution in [0.1, 0.15) is 60.1 Å². The highest BCUT2D eigenvalue weighted by Crippen LogP contribution is 2.36. The van der Waals surface area contributed by atoms with E-state index in [4.69, 9.17) is 5.53 Å². The second-order valence-electron chi connectivity index (χ2n) is 6.64. The summed E-state index contributed by atoms with van der Waals surface area (Å²) in [6.45, 7) is 0. The van der Waals surface area contributed by atoms with Crippen LogP contribution in [0.3, 0.4) is 0 Å². The molecule has 0 unspecified atom stereocenters. The fraction of sp³-hybridized carbons (Fsp3) is 0.400. The molecule has 0 amide bonds. The fourth-order valence-corrected chi connectivity index (χ4v) is 4.90. The maximum Gasteiger partial charge on any atom is 0.0793 e. The molecule has 1 N–H and O–H groups in total. The van der Waals surface area contributed by atoms with Crippen molar-refractivity contribution in [1.82, 2.24) is 0 Å². The summed E-state index contributed by atoms with van der Waals surface area (Å²) >= 11 is 7.02. The second-order valence-corrected chi connectivity index (χ2v) is 8.34. The zero-order chi connectivity index (χ0) is 18.5. The summed E-state index contributed by atoms with van der Waals surface area (Å²) in [5.74, 6) is 0. The Morgan fingerprint density at radius 1 is 0.923 bits per heavy atom. The van der Waals surface area contributed by atoms with Gasteiger partial charge in [0, 0.05) is 13.9 Å². The summed E-state index contributed by atoms with van der Waals surface area (Å²) in [6, 6.07) is 12.2. The first-order chi connectivity index (χ1) is 12.6. The van der Waals surface area contributed by atoms with Crippen molar-refractivity contribution in [2.45, 2.75) is 50.7 Å². The standard InChI is InChI=1S/C10H10BrN3.C10H11BrO/c11-9-5-1-4-8-7(9)3-2-6-10(8)13-14-12;11-9-5-1-4-8-7(9)3-2-6-10(8)12/h1,4-5,10H,2-3,6H2;1,4-5,10,12H,2-3,6H2/t2*10-/m10/s1. The summed E-state index contributed by atoms with van der Waals surface area (Å²) in [5, 5.41) is 13.5. The molecule has 2 aromatic carbocycles. The van der Waals surface area contributed by atoms with Gasteiger partial charge in [-0.2, -0.15) is 0 Å². The third-order valence-electron chi connectivity index (χ3n) is 5.03. The van der Waals surface area contributed by atoms with Crippen molar-refractivity contribution in [3.8, 4) is 0 Å². The van der Waals surface area contributed by atoms with Crippen molar-refractivity contribution < 1.29 is 5.11 Å². The summed E-state index contributed by atoms with van der Waals surface area (Å²) in [6.07, 6.45) is 5.99. The monoisotopic (exact) mass is 477 g/mol. The van der Waals surface area contributed by atoms with Crippen molar-refractivity contribution >= 4 is 31.9 Å². The van der Waals surface area contributed by atoms with Gasteiger partial charge in [0.25, 0.3) is 0 Å². The number of hydrogen-bond donors (Lipinski definition) is 1. The maximum atomic E-state index is 9.66. The number of aliphatic hydroxyl groups is 1. The van der Waals surface area contributed by atoms with Crippen LogP contribution >= 0.6 is 31.9 Å². The van der Waals surface area contributed by atoms with Gasteiger partial charge in [0.2, 0.25) is 0 Å². The quantitative estimate of drug-likeness (QED) is 0.268. The van der Waals surface area contributed by atoms with Crippen molar-refractivity contribution in [2.75, 3.05) is 0 Å². The van der Waals surface area contributed by atoms with E-state index in [2.05, 4.69) is 48.0 Å². The molecule has 4 nitrogen and oxygen atoms in total. The van der Waals surface area contributed by atoms with E-state index >= 15 is 0 Å². The normalized spacial score (nSPS) is 20.7. The van der Waals surface area contributed by atoms with Crippen molar-refractivity contribution in [3.05, 3.63) is 78.0 Å². The van der Waals surface area contributed by atoms with Gasteiger partial charge in [-0.3, -0.25) is 0 Å². The lowest BCUT2D eigenvalue weighted by atomic mass is 9.88. The number of benzene rings is 2. The Hall–Kier alpha value is -1.33. The minimum atomic E-state index is -0.244. The number of hydrogen-bond acceptors (Lipinski definition) is 2. The maximum absolute atomic E-state index is 9.66. The van der Waals surface area contributed by atoms with Gasteiger partial charge in [-0.1, -0.05) is 61.2 Å². The zero-order valence-electron chi connectivity index (χ0n) is 14.4. The highest BCUT2D eigenvalue weighted by atomic mass is 79.9. The molecule has 26 heavy (non-hydrogen) atoms. The molecule has 0 heterocycles. The molecule has 0 radical (unpaired) electrons. The molecular weight excluding hydrogens is 458 g/mol. The van der Waals surface area contributed by atoms with E-state index in [-0.39, 0.29) is 12.1 Å². The van der Waals surface area contributed by atoms with E-state index in [0.29, 0.717) is 0 Å². The molecule has 0 saturated heterocycles. The Kier molecular flexibility index (Phi) is 6.76. The number of azide groups is 1. The third kappa shape index (κ3) is 4.32. The number of nitrogens with zero attached hydrogens (tertiary/aromatic N) is 3. The van der Waals surface area contributed by atoms with Gasteiger partial charge in [0.15, 0.2) is 0 Å². The average Bonchev–Trinajstić information content (AvgIpc) is 2.65. The number of rotatable bonds is 1. The zero-order valence-corrected chi connectivity index (χ0v) is 17.6. The molecule has 2 aliphatic carbocycles. The molecule has 2 atom stereocenters. The lowest BCUT2D eigenvalue weighted by Crippen LogP contribution is -2.09. The third-order valence-corrected chi connectivity index (χ3v) is 6.51. The first-order valence-electron chi connectivity index (χ1n) is 8.88. The smallest absolute Gasteiger partial charge is 0.0793 e. The van der Waals surface area contributed by atoms with Crippen LogP contribution in [-0.2, 0) is 12.8 Å². The predicted molar refractivity (Wildman–Crippen MR) is 111 cm³/mol. The van der Waals surface area contributed by atoms with Gasteiger partial charge in [0.1, 0.15) is 0 Å². The van der Waals surface area contributed by atoms with Crippen LogP contribution in [0.2, 0.25) is 0 Å². The Bertz CT molecular complexity index is 834. The summed E-state index contributed by atoms with van der Waals surface area (Å²) in [5.41, 5.74) is 13.3. The number of fused-ring (bicyclic) bond motifs is 2. The van der Waals surface area contributed by atoms with Crippen molar-refractivity contribution in [1.29, 1.82) is 0 Å². The first kappa shape index (κ1) is 19.4. The van der Waals surface area contributed by atoms with E-state index < -0.39 is 0 Å². The van der Waals surface area contributed by atoms with Gasteiger partial charge in [-0.25, -0.2) is 0 Å². The molecule has 136 valence electrons. The molecule has 0 aliphatic heterocycles. The van der Waals surface area contributed by atoms with Crippen molar-refractivity contribution in [2.24, 2.45) is 5.11 Å². The van der Waals surface area contributed by atoms with Crippen LogP contribution in [-0.4, -0.2) is 5.11 Å². The van der Waals surface area contributed by atoms with E-state index in [1.54, 1.807) is 0 Å². The largest absolute Gasteiger partial charge is 0.388 e. The number of aliphatic hydroxyl groups excluding tert-OH is 1. The lowest BCUT2D eigenvalue weighted by Gasteiger charge is -2.22. The minimum absolute atomic E-state index is 0.0289. The molecule has 2 aliphatic rings. The van der Waals surface area contributed by atoms with Crippen LogP contribution in [0, 0.1) is 0 Å². The second kappa shape index (κ2) is 9.05. The fourth-order valence-electron chi connectivity index (χ4n) is 3.74. The minimum Gasteiger partial charge on any atom is -0.388 e. The molecular formula is C20H21Br2N3O. The highest BCUT2D eigenvalue weighted by Gasteiger charge is 2.20. The molecule has 6 heteroatoms. The van der Waals surface area contributed by atoms with E-state index in [1.807, 2.05) is 30.3 Å².